The van der Waals surface area contributed by atoms with Crippen molar-refractivity contribution in [2.75, 3.05) is 0 Å². The second-order valence-electron chi connectivity index (χ2n) is 4.47. The summed E-state index contributed by atoms with van der Waals surface area (Å²) in [4.78, 5) is 34.9. The minimum atomic E-state index is -1.23. The van der Waals surface area contributed by atoms with E-state index in [1.807, 2.05) is 6.07 Å². The lowest BCUT2D eigenvalue weighted by molar-refractivity contribution is -0.152. The van der Waals surface area contributed by atoms with E-state index in [1.165, 1.54) is 18.2 Å². The van der Waals surface area contributed by atoms with Gasteiger partial charge < -0.3 is 4.74 Å². The van der Waals surface area contributed by atoms with E-state index < -0.39 is 17.7 Å². The van der Waals surface area contributed by atoms with Gasteiger partial charge in [0.1, 0.15) is 0 Å². The van der Waals surface area contributed by atoms with E-state index in [9.17, 15) is 14.4 Å². The first-order valence-electron chi connectivity index (χ1n) is 6.64. The molecule has 5 nitrogen and oxygen atoms in total. The first-order valence-corrected chi connectivity index (χ1v) is 6.64. The highest BCUT2D eigenvalue weighted by molar-refractivity contribution is 6.42. The number of Topliss-reactive ketones (excluding diaryl/α,β-unsaturated/α-hetero) is 1. The molecule has 0 aliphatic carbocycles. The van der Waals surface area contributed by atoms with Crippen LogP contribution >= 0.6 is 0 Å². The highest BCUT2D eigenvalue weighted by Gasteiger charge is 2.19. The molecule has 0 saturated heterocycles. The van der Waals surface area contributed by atoms with E-state index in [0.717, 1.165) is 6.08 Å². The van der Waals surface area contributed by atoms with Gasteiger partial charge in [-0.2, -0.15) is 5.26 Å². The molecule has 112 valence electrons. The van der Waals surface area contributed by atoms with Crippen LogP contribution in [-0.4, -0.2) is 17.7 Å². The number of benzene rings is 2. The lowest BCUT2D eigenvalue weighted by Gasteiger charge is -1.99. The van der Waals surface area contributed by atoms with E-state index >= 15 is 0 Å². The Morgan fingerprint density at radius 3 is 2.22 bits per heavy atom. The Balaban J connectivity index is 1.96. The minimum absolute atomic E-state index is 0.154. The molecule has 0 atom stereocenters. The molecule has 0 aliphatic heterocycles. The second-order valence-corrected chi connectivity index (χ2v) is 4.47. The minimum Gasteiger partial charge on any atom is -0.384 e. The zero-order chi connectivity index (χ0) is 16.7. The van der Waals surface area contributed by atoms with Gasteiger partial charge in [0.25, 0.3) is 5.78 Å². The molecule has 0 fully saturated rings. The van der Waals surface area contributed by atoms with Crippen LogP contribution in [0.4, 0.5) is 0 Å². The average molecular weight is 305 g/mol. The highest BCUT2D eigenvalue weighted by Crippen LogP contribution is 2.06. The smallest absolute Gasteiger partial charge is 0.384 e. The fraction of sp³-hybridized carbons (Fsp3) is 0. The molecular weight excluding hydrogens is 294 g/mol. The van der Waals surface area contributed by atoms with Crippen molar-refractivity contribution in [1.29, 1.82) is 5.26 Å². The number of esters is 2. The topological polar surface area (TPSA) is 84.2 Å². The number of hydrogen-bond donors (Lipinski definition) is 0. The standard InChI is InChI=1S/C18H11NO4/c19-12-14-8-6-13(7-9-14)10-11-16(20)23-18(22)17(21)15-4-2-1-3-5-15/h1-11H/b11-10+. The summed E-state index contributed by atoms with van der Waals surface area (Å²) in [6, 6.07) is 16.3. The summed E-state index contributed by atoms with van der Waals surface area (Å²) < 4.78 is 4.47. The molecular formula is C18H11NO4. The van der Waals surface area contributed by atoms with Crippen LogP contribution in [-0.2, 0) is 14.3 Å². The van der Waals surface area contributed by atoms with Crippen LogP contribution in [0.3, 0.4) is 0 Å². The van der Waals surface area contributed by atoms with Crippen molar-refractivity contribution < 1.29 is 19.1 Å². The number of carbonyl (C=O) groups excluding carboxylic acids is 3. The molecule has 0 unspecified atom stereocenters. The number of hydrogen-bond acceptors (Lipinski definition) is 5. The van der Waals surface area contributed by atoms with Crippen LogP contribution in [0.1, 0.15) is 21.5 Å². The first-order chi connectivity index (χ1) is 11.1. The molecule has 0 N–H and O–H groups in total. The molecule has 2 rings (SSSR count). The molecule has 0 spiro atoms. The normalized spacial score (nSPS) is 10.0. The van der Waals surface area contributed by atoms with Crippen LogP contribution < -0.4 is 0 Å². The fourth-order valence-corrected chi connectivity index (χ4v) is 1.71. The molecule has 23 heavy (non-hydrogen) atoms. The zero-order valence-electron chi connectivity index (χ0n) is 11.9. The average Bonchev–Trinajstić information content (AvgIpc) is 2.60. The Morgan fingerprint density at radius 1 is 0.957 bits per heavy atom. The maximum atomic E-state index is 11.7. The lowest BCUT2D eigenvalue weighted by Crippen LogP contribution is -2.20. The zero-order valence-corrected chi connectivity index (χ0v) is 11.9. The van der Waals surface area contributed by atoms with Crippen molar-refractivity contribution in [2.24, 2.45) is 0 Å². The summed E-state index contributed by atoms with van der Waals surface area (Å²) in [6.45, 7) is 0. The fourth-order valence-electron chi connectivity index (χ4n) is 1.71. The molecule has 0 aromatic heterocycles. The van der Waals surface area contributed by atoms with Crippen molar-refractivity contribution in [3.05, 3.63) is 77.4 Å². The van der Waals surface area contributed by atoms with Crippen molar-refractivity contribution in [2.45, 2.75) is 0 Å². The third-order valence-corrected chi connectivity index (χ3v) is 2.87. The Hall–Kier alpha value is -3.52. The van der Waals surface area contributed by atoms with Gasteiger partial charge in [-0.3, -0.25) is 4.79 Å². The van der Waals surface area contributed by atoms with Gasteiger partial charge in [0, 0.05) is 11.6 Å². The summed E-state index contributed by atoms with van der Waals surface area (Å²) in [5, 5.41) is 8.68. The lowest BCUT2D eigenvalue weighted by atomic mass is 10.1. The quantitative estimate of drug-likeness (QED) is 0.285. The van der Waals surface area contributed by atoms with Crippen molar-refractivity contribution >= 4 is 23.8 Å². The van der Waals surface area contributed by atoms with Crippen LogP contribution in [0.2, 0.25) is 0 Å². The van der Waals surface area contributed by atoms with Gasteiger partial charge in [0.15, 0.2) is 0 Å². The summed E-state index contributed by atoms with van der Waals surface area (Å²) >= 11 is 0. The predicted molar refractivity (Wildman–Crippen MR) is 82.1 cm³/mol. The molecule has 0 aliphatic rings. The second kappa shape index (κ2) is 7.48. The summed E-state index contributed by atoms with van der Waals surface area (Å²) in [7, 11) is 0. The number of ether oxygens (including phenoxy) is 1. The van der Waals surface area contributed by atoms with Crippen molar-refractivity contribution in [1.82, 2.24) is 0 Å². The summed E-state index contributed by atoms with van der Waals surface area (Å²) in [5.41, 5.74) is 1.30. The molecule has 0 amide bonds. The molecule has 0 heterocycles. The van der Waals surface area contributed by atoms with E-state index in [-0.39, 0.29) is 5.56 Å². The third-order valence-electron chi connectivity index (χ3n) is 2.87. The number of ketones is 1. The summed E-state index contributed by atoms with van der Waals surface area (Å²) in [5.74, 6) is -3.06. The van der Waals surface area contributed by atoms with Gasteiger partial charge in [-0.25, -0.2) is 9.59 Å². The molecule has 5 heteroatoms. The number of rotatable bonds is 4. The Kier molecular flexibility index (Phi) is 5.16. The maximum Gasteiger partial charge on any atom is 0.387 e. The van der Waals surface area contributed by atoms with Gasteiger partial charge in [0.05, 0.1) is 11.6 Å². The Bertz CT molecular complexity index is 799. The molecule has 0 bridgehead atoms. The van der Waals surface area contributed by atoms with E-state index in [4.69, 9.17) is 5.26 Å². The number of carbonyl (C=O) groups is 3. The third kappa shape index (κ3) is 4.48. The Morgan fingerprint density at radius 2 is 1.61 bits per heavy atom. The predicted octanol–water partition coefficient (Wildman–Crippen LogP) is 2.52. The largest absolute Gasteiger partial charge is 0.387 e. The van der Waals surface area contributed by atoms with Crippen LogP contribution in [0.5, 0.6) is 0 Å². The number of nitriles is 1. The SMILES string of the molecule is N#Cc1ccc(/C=C/C(=O)OC(=O)C(=O)c2ccccc2)cc1. The van der Waals surface area contributed by atoms with E-state index in [2.05, 4.69) is 4.74 Å². The van der Waals surface area contributed by atoms with E-state index in [1.54, 1.807) is 42.5 Å². The maximum absolute atomic E-state index is 11.7. The van der Waals surface area contributed by atoms with Crippen molar-refractivity contribution in [3.8, 4) is 6.07 Å². The van der Waals surface area contributed by atoms with Gasteiger partial charge >= 0.3 is 11.9 Å². The molecule has 2 aromatic rings. The summed E-state index contributed by atoms with van der Waals surface area (Å²) in [6.07, 6.45) is 2.46. The Labute approximate surface area is 132 Å². The number of nitrogens with zero attached hydrogens (tertiary/aromatic N) is 1. The van der Waals surface area contributed by atoms with Crippen molar-refractivity contribution in [3.63, 3.8) is 0 Å². The van der Waals surface area contributed by atoms with Crippen LogP contribution in [0.25, 0.3) is 6.08 Å². The van der Waals surface area contributed by atoms with Gasteiger partial charge in [0.2, 0.25) is 0 Å². The van der Waals surface area contributed by atoms with Crippen LogP contribution in [0, 0.1) is 11.3 Å². The van der Waals surface area contributed by atoms with E-state index in [0.29, 0.717) is 11.1 Å². The van der Waals surface area contributed by atoms with Gasteiger partial charge in [-0.05, 0) is 23.8 Å². The molecule has 0 radical (unpaired) electrons. The highest BCUT2D eigenvalue weighted by atomic mass is 16.6. The van der Waals surface area contributed by atoms with Gasteiger partial charge in [-0.15, -0.1) is 0 Å². The van der Waals surface area contributed by atoms with Crippen LogP contribution in [0.15, 0.2) is 60.7 Å². The first kappa shape index (κ1) is 15.9. The molecule has 2 aromatic carbocycles. The molecule has 0 saturated carbocycles. The van der Waals surface area contributed by atoms with Gasteiger partial charge in [-0.1, -0.05) is 42.5 Å². The monoisotopic (exact) mass is 305 g/mol.